The van der Waals surface area contributed by atoms with Gasteiger partial charge in [-0.1, -0.05) is 18.2 Å². The molecule has 3 heterocycles. The molecular weight excluding hydrogens is 346 g/mol. The third-order valence-corrected chi connectivity index (χ3v) is 5.62. The van der Waals surface area contributed by atoms with Crippen molar-refractivity contribution in [2.75, 3.05) is 18.1 Å². The van der Waals surface area contributed by atoms with Crippen LogP contribution in [0.15, 0.2) is 54.9 Å². The minimum atomic E-state index is -0.102. The SMILES string of the molecule is O=C(NCCn1ccc2ccccc21)c1ccnc(O[C@H]2CCSC2)c1. The van der Waals surface area contributed by atoms with Gasteiger partial charge < -0.3 is 14.6 Å². The fourth-order valence-corrected chi connectivity index (χ4v) is 4.21. The van der Waals surface area contributed by atoms with E-state index in [1.807, 2.05) is 23.9 Å². The van der Waals surface area contributed by atoms with Crippen molar-refractivity contribution < 1.29 is 9.53 Å². The van der Waals surface area contributed by atoms with Gasteiger partial charge in [-0.25, -0.2) is 4.98 Å². The maximum atomic E-state index is 12.4. The molecule has 6 heteroatoms. The van der Waals surface area contributed by atoms with Crippen LogP contribution >= 0.6 is 11.8 Å². The molecule has 1 aliphatic heterocycles. The lowest BCUT2D eigenvalue weighted by Gasteiger charge is -2.12. The quantitative estimate of drug-likeness (QED) is 0.726. The molecular formula is C20H21N3O2S. The molecule has 1 saturated heterocycles. The van der Waals surface area contributed by atoms with Crippen molar-refractivity contribution in [2.24, 2.45) is 0 Å². The van der Waals surface area contributed by atoms with Crippen LogP contribution in [0.2, 0.25) is 0 Å². The Kier molecular flexibility index (Phi) is 5.11. The number of nitrogens with one attached hydrogen (secondary N) is 1. The van der Waals surface area contributed by atoms with E-state index in [4.69, 9.17) is 4.74 Å². The average molecular weight is 367 g/mol. The minimum absolute atomic E-state index is 0.102. The molecule has 0 bridgehead atoms. The molecule has 1 aromatic carbocycles. The van der Waals surface area contributed by atoms with E-state index in [9.17, 15) is 4.79 Å². The lowest BCUT2D eigenvalue weighted by Crippen LogP contribution is -2.27. The second kappa shape index (κ2) is 7.83. The molecule has 0 radical (unpaired) electrons. The number of pyridine rings is 1. The van der Waals surface area contributed by atoms with Crippen molar-refractivity contribution in [3.63, 3.8) is 0 Å². The van der Waals surface area contributed by atoms with Gasteiger partial charge in [0.1, 0.15) is 6.10 Å². The number of para-hydroxylation sites is 1. The van der Waals surface area contributed by atoms with E-state index in [0.29, 0.717) is 18.0 Å². The molecule has 1 N–H and O–H groups in total. The van der Waals surface area contributed by atoms with Gasteiger partial charge in [-0.3, -0.25) is 4.79 Å². The first-order valence-corrected chi connectivity index (χ1v) is 9.97. The van der Waals surface area contributed by atoms with Crippen molar-refractivity contribution in [1.29, 1.82) is 0 Å². The molecule has 0 unspecified atom stereocenters. The molecule has 4 rings (SSSR count). The highest BCUT2D eigenvalue weighted by Gasteiger charge is 2.18. The van der Waals surface area contributed by atoms with Gasteiger partial charge in [-0.15, -0.1) is 0 Å². The summed E-state index contributed by atoms with van der Waals surface area (Å²) in [5, 5.41) is 4.18. The molecule has 0 saturated carbocycles. The highest BCUT2D eigenvalue weighted by molar-refractivity contribution is 7.99. The Morgan fingerprint density at radius 3 is 3.12 bits per heavy atom. The molecule has 1 fully saturated rings. The highest BCUT2D eigenvalue weighted by Crippen LogP contribution is 2.22. The highest BCUT2D eigenvalue weighted by atomic mass is 32.2. The number of fused-ring (bicyclic) bond motifs is 1. The first-order chi connectivity index (χ1) is 12.8. The van der Waals surface area contributed by atoms with E-state index in [2.05, 4.69) is 39.3 Å². The van der Waals surface area contributed by atoms with Crippen LogP contribution in [0.3, 0.4) is 0 Å². The molecule has 5 nitrogen and oxygen atoms in total. The van der Waals surface area contributed by atoms with Crippen LogP contribution in [0.1, 0.15) is 16.8 Å². The largest absolute Gasteiger partial charge is 0.473 e. The van der Waals surface area contributed by atoms with Gasteiger partial charge in [-0.2, -0.15) is 11.8 Å². The normalized spacial score (nSPS) is 16.7. The third-order valence-electron chi connectivity index (χ3n) is 4.49. The van der Waals surface area contributed by atoms with E-state index in [-0.39, 0.29) is 12.0 Å². The smallest absolute Gasteiger partial charge is 0.251 e. The van der Waals surface area contributed by atoms with E-state index < -0.39 is 0 Å². The van der Waals surface area contributed by atoms with Gasteiger partial charge in [-0.05, 0) is 35.8 Å². The first-order valence-electron chi connectivity index (χ1n) is 8.82. The predicted octanol–water partition coefficient (Wildman–Crippen LogP) is 3.35. The maximum Gasteiger partial charge on any atom is 0.251 e. The van der Waals surface area contributed by atoms with Crippen LogP contribution in [-0.4, -0.2) is 39.6 Å². The second-order valence-electron chi connectivity index (χ2n) is 6.31. The predicted molar refractivity (Wildman–Crippen MR) is 105 cm³/mol. The van der Waals surface area contributed by atoms with Crippen LogP contribution in [0.5, 0.6) is 5.88 Å². The number of amides is 1. The van der Waals surface area contributed by atoms with Gasteiger partial charge in [0.05, 0.1) is 0 Å². The zero-order valence-corrected chi connectivity index (χ0v) is 15.2. The topological polar surface area (TPSA) is 56.2 Å². The van der Waals surface area contributed by atoms with Gasteiger partial charge in [0.2, 0.25) is 5.88 Å². The Bertz CT molecular complexity index is 903. The summed E-state index contributed by atoms with van der Waals surface area (Å²) in [5.74, 6) is 2.54. The summed E-state index contributed by atoms with van der Waals surface area (Å²) < 4.78 is 8.01. The standard InChI is InChI=1S/C20H21N3O2S/c24-20(16-5-8-21-19(13-16)25-17-7-12-26-14-17)22-9-11-23-10-6-15-3-1-2-4-18(15)23/h1-6,8,10,13,17H,7,9,11-12,14H2,(H,22,24)/t17-/m0/s1. The summed E-state index contributed by atoms with van der Waals surface area (Å²) in [4.78, 5) is 16.6. The first kappa shape index (κ1) is 17.0. The lowest BCUT2D eigenvalue weighted by molar-refractivity contribution is 0.0951. The van der Waals surface area contributed by atoms with Crippen LogP contribution in [0, 0.1) is 0 Å². The van der Waals surface area contributed by atoms with Crippen molar-refractivity contribution in [1.82, 2.24) is 14.9 Å². The number of thioether (sulfide) groups is 1. The number of ether oxygens (including phenoxy) is 1. The van der Waals surface area contributed by atoms with E-state index in [1.54, 1.807) is 18.3 Å². The number of aromatic nitrogens is 2. The van der Waals surface area contributed by atoms with Gasteiger partial charge in [0.15, 0.2) is 0 Å². The number of nitrogens with zero attached hydrogens (tertiary/aromatic N) is 2. The summed E-state index contributed by atoms with van der Waals surface area (Å²) in [5.41, 5.74) is 1.76. The Morgan fingerprint density at radius 1 is 1.31 bits per heavy atom. The average Bonchev–Trinajstić information content (AvgIpc) is 3.32. The fourth-order valence-electron chi connectivity index (χ4n) is 3.12. The Hall–Kier alpha value is -2.47. The molecule has 134 valence electrons. The zero-order valence-electron chi connectivity index (χ0n) is 14.4. The van der Waals surface area contributed by atoms with Crippen LogP contribution in [0.4, 0.5) is 0 Å². The summed E-state index contributed by atoms with van der Waals surface area (Å²) in [6, 6.07) is 13.8. The summed E-state index contributed by atoms with van der Waals surface area (Å²) >= 11 is 1.89. The Labute approximate surface area is 156 Å². The lowest BCUT2D eigenvalue weighted by atomic mass is 10.2. The number of carbonyl (C=O) groups excluding carboxylic acids is 1. The van der Waals surface area contributed by atoms with Crippen LogP contribution in [-0.2, 0) is 6.54 Å². The van der Waals surface area contributed by atoms with Crippen molar-refractivity contribution in [3.8, 4) is 5.88 Å². The van der Waals surface area contributed by atoms with E-state index >= 15 is 0 Å². The number of hydrogen-bond acceptors (Lipinski definition) is 4. The second-order valence-corrected chi connectivity index (χ2v) is 7.46. The zero-order chi connectivity index (χ0) is 17.8. The van der Waals surface area contributed by atoms with Gasteiger partial charge in [0, 0.05) is 48.4 Å². The minimum Gasteiger partial charge on any atom is -0.473 e. The number of rotatable bonds is 6. The monoisotopic (exact) mass is 367 g/mol. The molecule has 3 aromatic rings. The molecule has 2 aromatic heterocycles. The van der Waals surface area contributed by atoms with Crippen molar-refractivity contribution in [3.05, 3.63) is 60.4 Å². The Balaban J connectivity index is 1.34. The molecule has 1 atom stereocenters. The van der Waals surface area contributed by atoms with Crippen LogP contribution < -0.4 is 10.1 Å². The number of hydrogen-bond donors (Lipinski definition) is 1. The van der Waals surface area contributed by atoms with Crippen molar-refractivity contribution in [2.45, 2.75) is 19.1 Å². The van der Waals surface area contributed by atoms with Gasteiger partial charge in [0.25, 0.3) is 5.91 Å². The summed E-state index contributed by atoms with van der Waals surface area (Å²) in [6.45, 7) is 1.29. The third kappa shape index (κ3) is 3.85. The van der Waals surface area contributed by atoms with Crippen LogP contribution in [0.25, 0.3) is 10.9 Å². The van der Waals surface area contributed by atoms with E-state index in [1.165, 1.54) is 10.9 Å². The molecule has 1 aliphatic rings. The maximum absolute atomic E-state index is 12.4. The summed E-state index contributed by atoms with van der Waals surface area (Å²) in [6.07, 6.45) is 4.92. The molecule has 0 spiro atoms. The fraction of sp³-hybridized carbons (Fsp3) is 0.300. The molecule has 1 amide bonds. The molecule has 26 heavy (non-hydrogen) atoms. The van der Waals surface area contributed by atoms with E-state index in [0.717, 1.165) is 24.5 Å². The molecule has 0 aliphatic carbocycles. The summed E-state index contributed by atoms with van der Waals surface area (Å²) in [7, 11) is 0. The number of carbonyl (C=O) groups is 1. The van der Waals surface area contributed by atoms with Gasteiger partial charge >= 0.3 is 0 Å². The Morgan fingerprint density at radius 2 is 2.23 bits per heavy atom. The van der Waals surface area contributed by atoms with Crippen molar-refractivity contribution >= 4 is 28.6 Å². The number of benzene rings is 1.